The molecule has 1 unspecified atom stereocenters. The quantitative estimate of drug-likeness (QED) is 0.848. The second-order valence-electron chi connectivity index (χ2n) is 4.10. The number of likely N-dealkylation sites (N-methyl/N-ethyl adjacent to an activating group) is 1. The predicted molar refractivity (Wildman–Crippen MR) is 72.0 cm³/mol. The molecular formula is C14H17NS. The van der Waals surface area contributed by atoms with Crippen LogP contribution >= 0.6 is 11.3 Å². The smallest absolute Gasteiger partial charge is 0.00761 e. The zero-order valence-electron chi connectivity index (χ0n) is 9.73. The normalized spacial score (nSPS) is 12.6. The van der Waals surface area contributed by atoms with E-state index >= 15 is 0 Å². The summed E-state index contributed by atoms with van der Waals surface area (Å²) < 4.78 is 0. The number of rotatable bonds is 4. The van der Waals surface area contributed by atoms with Gasteiger partial charge in [0.2, 0.25) is 0 Å². The summed E-state index contributed by atoms with van der Waals surface area (Å²) >= 11 is 1.74. The Balaban J connectivity index is 2.11. The van der Waals surface area contributed by atoms with Crippen molar-refractivity contribution in [3.05, 3.63) is 46.7 Å². The van der Waals surface area contributed by atoms with E-state index in [0.717, 1.165) is 6.42 Å². The van der Waals surface area contributed by atoms with Gasteiger partial charge in [-0.25, -0.2) is 0 Å². The lowest BCUT2D eigenvalue weighted by atomic mass is 10.0. The molecule has 0 aliphatic rings. The van der Waals surface area contributed by atoms with E-state index in [1.165, 1.54) is 16.7 Å². The Labute approximate surface area is 101 Å². The number of thiophene rings is 1. The van der Waals surface area contributed by atoms with Crippen LogP contribution in [0.1, 0.15) is 12.5 Å². The molecule has 1 N–H and O–H groups in total. The van der Waals surface area contributed by atoms with Crippen LogP contribution < -0.4 is 5.32 Å². The topological polar surface area (TPSA) is 12.0 Å². The van der Waals surface area contributed by atoms with E-state index in [9.17, 15) is 0 Å². The fourth-order valence-electron chi connectivity index (χ4n) is 1.72. The third kappa shape index (κ3) is 2.71. The molecule has 84 valence electrons. The summed E-state index contributed by atoms with van der Waals surface area (Å²) in [5, 5.41) is 7.56. The van der Waals surface area contributed by atoms with Gasteiger partial charge in [0.25, 0.3) is 0 Å². The molecule has 0 saturated carbocycles. The van der Waals surface area contributed by atoms with Crippen LogP contribution in [-0.2, 0) is 6.42 Å². The summed E-state index contributed by atoms with van der Waals surface area (Å²) in [7, 11) is 2.00. The molecule has 1 aromatic carbocycles. The lowest BCUT2D eigenvalue weighted by molar-refractivity contribution is 0.608. The van der Waals surface area contributed by atoms with Crippen molar-refractivity contribution in [2.24, 2.45) is 0 Å². The Kier molecular flexibility index (Phi) is 3.75. The molecule has 16 heavy (non-hydrogen) atoms. The average Bonchev–Trinajstić information content (AvgIpc) is 2.83. The van der Waals surface area contributed by atoms with Crippen molar-refractivity contribution < 1.29 is 0 Å². The van der Waals surface area contributed by atoms with Crippen molar-refractivity contribution in [3.8, 4) is 11.1 Å². The van der Waals surface area contributed by atoms with Crippen molar-refractivity contribution in [2.45, 2.75) is 19.4 Å². The first kappa shape index (κ1) is 11.4. The minimum Gasteiger partial charge on any atom is -0.317 e. The molecule has 1 nitrogen and oxygen atoms in total. The van der Waals surface area contributed by atoms with E-state index in [1.54, 1.807) is 11.3 Å². The van der Waals surface area contributed by atoms with Gasteiger partial charge < -0.3 is 5.32 Å². The number of nitrogens with one attached hydrogen (secondary N) is 1. The largest absolute Gasteiger partial charge is 0.317 e. The maximum Gasteiger partial charge on any atom is 0.00761 e. The fraction of sp³-hybridized carbons (Fsp3) is 0.286. The van der Waals surface area contributed by atoms with Gasteiger partial charge >= 0.3 is 0 Å². The number of hydrogen-bond donors (Lipinski definition) is 1. The molecule has 0 saturated heterocycles. The second kappa shape index (κ2) is 5.28. The van der Waals surface area contributed by atoms with E-state index < -0.39 is 0 Å². The predicted octanol–water partition coefficient (Wildman–Crippen LogP) is 3.57. The first-order valence-electron chi connectivity index (χ1n) is 5.58. The highest BCUT2D eigenvalue weighted by Crippen LogP contribution is 2.22. The van der Waals surface area contributed by atoms with Crippen LogP contribution in [0.2, 0.25) is 0 Å². The van der Waals surface area contributed by atoms with Crippen LogP contribution in [0.3, 0.4) is 0 Å². The highest BCUT2D eigenvalue weighted by molar-refractivity contribution is 7.08. The maximum atomic E-state index is 3.26. The summed E-state index contributed by atoms with van der Waals surface area (Å²) in [5.74, 6) is 0. The molecule has 0 fully saturated rings. The van der Waals surface area contributed by atoms with Crippen molar-refractivity contribution in [1.82, 2.24) is 5.32 Å². The molecule has 2 aromatic rings. The summed E-state index contributed by atoms with van der Waals surface area (Å²) in [5.41, 5.74) is 4.01. The van der Waals surface area contributed by atoms with E-state index in [-0.39, 0.29) is 0 Å². The average molecular weight is 231 g/mol. The Bertz CT molecular complexity index is 417. The van der Waals surface area contributed by atoms with Gasteiger partial charge in [-0.1, -0.05) is 24.3 Å². The lowest BCUT2D eigenvalue weighted by Gasteiger charge is -2.10. The Morgan fingerprint density at radius 2 is 1.88 bits per heavy atom. The molecule has 0 spiro atoms. The fourth-order valence-corrected chi connectivity index (χ4v) is 2.38. The molecule has 0 aliphatic heterocycles. The van der Waals surface area contributed by atoms with Gasteiger partial charge in [0.15, 0.2) is 0 Å². The molecule has 1 heterocycles. The number of hydrogen-bond acceptors (Lipinski definition) is 2. The van der Waals surface area contributed by atoms with Gasteiger partial charge in [0, 0.05) is 6.04 Å². The Hall–Kier alpha value is -1.12. The summed E-state index contributed by atoms with van der Waals surface area (Å²) in [6, 6.07) is 11.6. The molecule has 2 heteroatoms. The van der Waals surface area contributed by atoms with Gasteiger partial charge in [-0.05, 0) is 53.9 Å². The highest BCUT2D eigenvalue weighted by atomic mass is 32.1. The number of benzene rings is 1. The van der Waals surface area contributed by atoms with Gasteiger partial charge in [-0.3, -0.25) is 0 Å². The van der Waals surface area contributed by atoms with E-state index in [1.807, 2.05) is 7.05 Å². The van der Waals surface area contributed by atoms with Gasteiger partial charge in [-0.2, -0.15) is 11.3 Å². The maximum absolute atomic E-state index is 3.26. The monoisotopic (exact) mass is 231 g/mol. The van der Waals surface area contributed by atoms with Crippen molar-refractivity contribution in [2.75, 3.05) is 7.05 Å². The highest BCUT2D eigenvalue weighted by Gasteiger charge is 2.01. The first-order chi connectivity index (χ1) is 7.79. The molecule has 2 rings (SSSR count). The third-order valence-electron chi connectivity index (χ3n) is 2.84. The lowest BCUT2D eigenvalue weighted by Crippen LogP contribution is -2.23. The van der Waals surface area contributed by atoms with E-state index in [0.29, 0.717) is 6.04 Å². The van der Waals surface area contributed by atoms with Crippen LogP contribution in [-0.4, -0.2) is 13.1 Å². The minimum absolute atomic E-state index is 0.534. The van der Waals surface area contributed by atoms with Crippen molar-refractivity contribution >= 4 is 11.3 Å². The zero-order valence-corrected chi connectivity index (χ0v) is 10.6. The Morgan fingerprint density at radius 3 is 2.44 bits per heavy atom. The van der Waals surface area contributed by atoms with Crippen molar-refractivity contribution in [3.63, 3.8) is 0 Å². The SMILES string of the molecule is CNC(C)Cc1ccc(-c2ccsc2)cc1. The molecule has 1 atom stereocenters. The molecule has 0 radical (unpaired) electrons. The third-order valence-corrected chi connectivity index (χ3v) is 3.53. The Morgan fingerprint density at radius 1 is 1.12 bits per heavy atom. The van der Waals surface area contributed by atoms with Crippen LogP contribution in [0.15, 0.2) is 41.1 Å². The van der Waals surface area contributed by atoms with Gasteiger partial charge in [0.1, 0.15) is 0 Å². The van der Waals surface area contributed by atoms with Crippen LogP contribution in [0.4, 0.5) is 0 Å². The standard InChI is InChI=1S/C14H17NS/c1-11(15-2)9-12-3-5-13(6-4-12)14-7-8-16-10-14/h3-8,10-11,15H,9H2,1-2H3. The molecule has 0 bridgehead atoms. The molecular weight excluding hydrogens is 214 g/mol. The van der Waals surface area contributed by atoms with E-state index in [4.69, 9.17) is 0 Å². The van der Waals surface area contributed by atoms with E-state index in [2.05, 4.69) is 53.3 Å². The minimum atomic E-state index is 0.534. The first-order valence-corrected chi connectivity index (χ1v) is 6.52. The van der Waals surface area contributed by atoms with Crippen LogP contribution in [0.5, 0.6) is 0 Å². The van der Waals surface area contributed by atoms with Crippen molar-refractivity contribution in [1.29, 1.82) is 0 Å². The molecule has 0 aliphatic carbocycles. The summed E-state index contributed by atoms with van der Waals surface area (Å²) in [6.45, 7) is 2.20. The summed E-state index contributed by atoms with van der Waals surface area (Å²) in [4.78, 5) is 0. The van der Waals surface area contributed by atoms with Crippen LogP contribution in [0.25, 0.3) is 11.1 Å². The molecule has 1 aromatic heterocycles. The van der Waals surface area contributed by atoms with Gasteiger partial charge in [-0.15, -0.1) is 0 Å². The van der Waals surface area contributed by atoms with Gasteiger partial charge in [0.05, 0.1) is 0 Å². The zero-order chi connectivity index (χ0) is 11.4. The molecule has 0 amide bonds. The summed E-state index contributed by atoms with van der Waals surface area (Å²) in [6.07, 6.45) is 1.08. The second-order valence-corrected chi connectivity index (χ2v) is 4.88. The van der Waals surface area contributed by atoms with Crippen LogP contribution in [0, 0.1) is 0 Å².